The van der Waals surface area contributed by atoms with Crippen molar-refractivity contribution in [2.45, 2.75) is 26.4 Å². The molecule has 1 N–H and O–H groups in total. The Kier molecular flexibility index (Phi) is 6.92. The number of aryl methyl sites for hydroxylation is 2. The van der Waals surface area contributed by atoms with Crippen molar-refractivity contribution in [2.24, 2.45) is 0 Å². The number of nitrogens with one attached hydrogen (secondary N) is 1. The SMILES string of the molecule is Cc1cc(C#N)cc(C)c1NC(=O)C(C)[P+](c1ccccc1)(c1ccccc1)c1ccccc1. The fourth-order valence-electron chi connectivity index (χ4n) is 4.74. The molecule has 0 saturated carbocycles. The third kappa shape index (κ3) is 4.26. The summed E-state index contributed by atoms with van der Waals surface area (Å²) < 4.78 is 0. The van der Waals surface area contributed by atoms with Gasteiger partial charge in [0.15, 0.2) is 5.66 Å². The maximum atomic E-state index is 14.0. The van der Waals surface area contributed by atoms with Gasteiger partial charge in [0, 0.05) is 5.69 Å². The average Bonchev–Trinajstić information content (AvgIpc) is 2.88. The Morgan fingerprint density at radius 3 is 1.50 bits per heavy atom. The van der Waals surface area contributed by atoms with Gasteiger partial charge >= 0.3 is 0 Å². The Bertz CT molecular complexity index is 1210. The van der Waals surface area contributed by atoms with Crippen LogP contribution in [0.4, 0.5) is 5.69 Å². The number of benzene rings is 4. The van der Waals surface area contributed by atoms with E-state index in [2.05, 4.69) is 84.2 Å². The number of carbonyl (C=O) groups is 1. The van der Waals surface area contributed by atoms with Crippen molar-refractivity contribution >= 4 is 34.8 Å². The quantitative estimate of drug-likeness (QED) is 0.384. The highest BCUT2D eigenvalue weighted by Gasteiger charge is 2.53. The van der Waals surface area contributed by atoms with E-state index in [4.69, 9.17) is 0 Å². The van der Waals surface area contributed by atoms with Crippen molar-refractivity contribution in [3.8, 4) is 6.07 Å². The van der Waals surface area contributed by atoms with Gasteiger partial charge in [0.25, 0.3) is 5.91 Å². The monoisotopic (exact) mass is 463 g/mol. The molecule has 0 saturated heterocycles. The molecule has 4 aromatic rings. The molecule has 34 heavy (non-hydrogen) atoms. The number of nitrogens with zero attached hydrogens (tertiary/aromatic N) is 1. The van der Waals surface area contributed by atoms with Crippen LogP contribution in [-0.4, -0.2) is 11.6 Å². The summed E-state index contributed by atoms with van der Waals surface area (Å²) in [5.41, 5.74) is 2.83. The van der Waals surface area contributed by atoms with Crippen molar-refractivity contribution in [2.75, 3.05) is 5.32 Å². The van der Waals surface area contributed by atoms with Crippen LogP contribution in [0.5, 0.6) is 0 Å². The lowest BCUT2D eigenvalue weighted by Gasteiger charge is -2.32. The smallest absolute Gasteiger partial charge is 0.266 e. The van der Waals surface area contributed by atoms with Crippen LogP contribution < -0.4 is 21.2 Å². The van der Waals surface area contributed by atoms with Crippen molar-refractivity contribution < 1.29 is 4.79 Å². The number of carbonyl (C=O) groups excluding carboxylic acids is 1. The topological polar surface area (TPSA) is 52.9 Å². The van der Waals surface area contributed by atoms with Crippen LogP contribution in [0.15, 0.2) is 103 Å². The van der Waals surface area contributed by atoms with Gasteiger partial charge in [0.2, 0.25) is 0 Å². The third-order valence-electron chi connectivity index (χ3n) is 6.36. The second-order valence-corrected chi connectivity index (χ2v) is 12.3. The van der Waals surface area contributed by atoms with Crippen molar-refractivity contribution in [3.63, 3.8) is 0 Å². The molecule has 0 aliphatic heterocycles. The zero-order chi connectivity index (χ0) is 24.1. The molecule has 168 valence electrons. The second-order valence-electron chi connectivity index (χ2n) is 8.49. The molecule has 4 heteroatoms. The maximum Gasteiger partial charge on any atom is 0.266 e. The fourth-order valence-corrected chi connectivity index (χ4v) is 9.32. The highest BCUT2D eigenvalue weighted by Crippen LogP contribution is 2.59. The summed E-state index contributed by atoms with van der Waals surface area (Å²) in [5, 5.41) is 16.0. The predicted molar refractivity (Wildman–Crippen MR) is 144 cm³/mol. The maximum absolute atomic E-state index is 14.0. The highest BCUT2D eigenvalue weighted by atomic mass is 31.2. The number of hydrogen-bond acceptors (Lipinski definition) is 2. The Balaban J connectivity index is 1.89. The Morgan fingerprint density at radius 1 is 0.765 bits per heavy atom. The summed E-state index contributed by atoms with van der Waals surface area (Å²) in [6.07, 6.45) is 0. The minimum Gasteiger partial charge on any atom is -0.322 e. The Labute approximate surface area is 202 Å². The summed E-state index contributed by atoms with van der Waals surface area (Å²) in [6, 6.07) is 37.1. The summed E-state index contributed by atoms with van der Waals surface area (Å²) in [7, 11) is -2.35. The van der Waals surface area contributed by atoms with Crippen LogP contribution in [0, 0.1) is 25.2 Å². The first-order valence-electron chi connectivity index (χ1n) is 11.4. The van der Waals surface area contributed by atoms with Gasteiger partial charge in [-0.25, -0.2) is 0 Å². The number of amides is 1. The molecule has 0 aliphatic rings. The molecule has 0 bridgehead atoms. The third-order valence-corrected chi connectivity index (χ3v) is 11.1. The van der Waals surface area contributed by atoms with Crippen molar-refractivity contribution in [1.29, 1.82) is 5.26 Å². The van der Waals surface area contributed by atoms with E-state index < -0.39 is 7.26 Å². The van der Waals surface area contributed by atoms with E-state index in [1.165, 1.54) is 15.9 Å². The van der Waals surface area contributed by atoms with Gasteiger partial charge in [-0.05, 0) is 80.4 Å². The molecule has 0 aromatic heterocycles. The minimum atomic E-state index is -2.35. The van der Waals surface area contributed by atoms with E-state index >= 15 is 0 Å². The second kappa shape index (κ2) is 10.0. The average molecular weight is 464 g/mol. The lowest BCUT2D eigenvalue weighted by Crippen LogP contribution is -2.43. The first-order valence-corrected chi connectivity index (χ1v) is 13.2. The molecule has 1 amide bonds. The van der Waals surface area contributed by atoms with Gasteiger partial charge in [0.05, 0.1) is 11.6 Å². The van der Waals surface area contributed by atoms with Crippen LogP contribution in [0.25, 0.3) is 0 Å². The summed E-state index contributed by atoms with van der Waals surface area (Å²) in [6.45, 7) is 5.91. The molecule has 0 heterocycles. The predicted octanol–water partition coefficient (Wildman–Crippen LogP) is 5.50. The fraction of sp³-hybridized carbons (Fsp3) is 0.133. The van der Waals surface area contributed by atoms with Crippen molar-refractivity contribution in [3.05, 3.63) is 120 Å². The molecule has 1 atom stereocenters. The summed E-state index contributed by atoms with van der Waals surface area (Å²) >= 11 is 0. The zero-order valence-electron chi connectivity index (χ0n) is 19.7. The normalized spacial score (nSPS) is 11.9. The zero-order valence-corrected chi connectivity index (χ0v) is 20.6. The molecule has 4 aromatic carbocycles. The number of hydrogen-bond donors (Lipinski definition) is 1. The van der Waals surface area contributed by atoms with E-state index in [9.17, 15) is 10.1 Å². The molecular formula is C30H28N2OP+. The van der Waals surface area contributed by atoms with Crippen LogP contribution in [0.2, 0.25) is 0 Å². The highest BCUT2D eigenvalue weighted by molar-refractivity contribution is 7.96. The molecule has 0 radical (unpaired) electrons. The summed E-state index contributed by atoms with van der Waals surface area (Å²) in [4.78, 5) is 14.0. The molecule has 1 unspecified atom stereocenters. The van der Waals surface area contributed by atoms with Crippen LogP contribution in [0.3, 0.4) is 0 Å². The van der Waals surface area contributed by atoms with Crippen LogP contribution in [0.1, 0.15) is 23.6 Å². The lowest BCUT2D eigenvalue weighted by atomic mass is 10.0. The Morgan fingerprint density at radius 2 is 1.15 bits per heavy atom. The molecule has 0 spiro atoms. The molecule has 0 aliphatic carbocycles. The first kappa shape index (κ1) is 23.4. The van der Waals surface area contributed by atoms with Gasteiger partial charge in [-0.3, -0.25) is 4.79 Å². The van der Waals surface area contributed by atoms with E-state index in [1.54, 1.807) is 0 Å². The Hall–Kier alpha value is -3.73. The van der Waals surface area contributed by atoms with Gasteiger partial charge < -0.3 is 5.32 Å². The van der Waals surface area contributed by atoms with E-state index in [1.807, 2.05) is 51.1 Å². The van der Waals surface area contributed by atoms with E-state index in [0.29, 0.717) is 5.56 Å². The minimum absolute atomic E-state index is 0.0270. The lowest BCUT2D eigenvalue weighted by molar-refractivity contribution is -0.115. The van der Waals surface area contributed by atoms with Gasteiger partial charge in [0.1, 0.15) is 23.2 Å². The standard InChI is InChI=1S/C30H27N2OP/c1-22-19-25(21-31)20-23(2)29(22)32-30(33)24(3)34(26-13-7-4-8-14-26,27-15-9-5-10-16-27)28-17-11-6-12-18-28/h4-20,24H,1-3H3/p+1. The van der Waals surface area contributed by atoms with Crippen LogP contribution >= 0.6 is 7.26 Å². The van der Waals surface area contributed by atoms with Gasteiger partial charge in [-0.15, -0.1) is 0 Å². The van der Waals surface area contributed by atoms with Crippen LogP contribution in [-0.2, 0) is 4.79 Å². The molecule has 0 fully saturated rings. The number of rotatable bonds is 6. The van der Waals surface area contributed by atoms with E-state index in [-0.39, 0.29) is 11.6 Å². The van der Waals surface area contributed by atoms with E-state index in [0.717, 1.165) is 16.8 Å². The summed E-state index contributed by atoms with van der Waals surface area (Å²) in [5.74, 6) is -0.0270. The molecular weight excluding hydrogens is 435 g/mol. The van der Waals surface area contributed by atoms with Gasteiger partial charge in [-0.2, -0.15) is 5.26 Å². The number of nitriles is 1. The van der Waals surface area contributed by atoms with Gasteiger partial charge in [-0.1, -0.05) is 54.6 Å². The molecule has 3 nitrogen and oxygen atoms in total. The molecule has 4 rings (SSSR count). The number of anilines is 1. The largest absolute Gasteiger partial charge is 0.322 e. The first-order chi connectivity index (χ1) is 16.5. The van der Waals surface area contributed by atoms with Crippen molar-refractivity contribution in [1.82, 2.24) is 0 Å².